The quantitative estimate of drug-likeness (QED) is 0.828. The number of hydrogen-bond acceptors (Lipinski definition) is 4. The van der Waals surface area contributed by atoms with Gasteiger partial charge < -0.3 is 14.8 Å². The van der Waals surface area contributed by atoms with Gasteiger partial charge in [0.1, 0.15) is 6.10 Å². The van der Waals surface area contributed by atoms with E-state index in [1.54, 1.807) is 18.3 Å². The number of rotatable bonds is 5. The van der Waals surface area contributed by atoms with Crippen LogP contribution in [0, 0.1) is 11.6 Å². The van der Waals surface area contributed by atoms with E-state index in [9.17, 15) is 18.0 Å². The lowest BCUT2D eigenvalue weighted by atomic mass is 10.2. The first-order valence-corrected chi connectivity index (χ1v) is 8.89. The molecule has 2 unspecified atom stereocenters. The molecule has 3 rings (SSSR count). The van der Waals surface area contributed by atoms with Gasteiger partial charge in [-0.25, -0.2) is 4.39 Å². The maximum atomic E-state index is 12.5. The fourth-order valence-corrected chi connectivity index (χ4v) is 2.60. The maximum absolute atomic E-state index is 12.5. The first kappa shape index (κ1) is 21.7. The van der Waals surface area contributed by atoms with Crippen LogP contribution in [0.1, 0.15) is 25.5 Å². The van der Waals surface area contributed by atoms with Crippen LogP contribution in [0.4, 0.5) is 18.9 Å². The summed E-state index contributed by atoms with van der Waals surface area (Å²) in [5.41, 5.74) is 1.30. The first-order chi connectivity index (χ1) is 13.4. The number of nitrogens with zero attached hydrogens (tertiary/aromatic N) is 1. The Morgan fingerprint density at radius 3 is 2.61 bits per heavy atom. The molecule has 5 nitrogen and oxygen atoms in total. The lowest BCUT2D eigenvalue weighted by molar-refractivity contribution is -0.126. The van der Waals surface area contributed by atoms with Gasteiger partial charge in [0.05, 0.1) is 31.8 Å². The minimum Gasteiger partial charge on any atom is -0.494 e. The minimum atomic E-state index is -0.940. The highest BCUT2D eigenvalue weighted by Crippen LogP contribution is 2.20. The van der Waals surface area contributed by atoms with Crippen LogP contribution < -0.4 is 10.1 Å². The van der Waals surface area contributed by atoms with Crippen molar-refractivity contribution in [3.63, 3.8) is 0 Å². The predicted octanol–water partition coefficient (Wildman–Crippen LogP) is 4.07. The molecule has 0 bridgehead atoms. The van der Waals surface area contributed by atoms with Gasteiger partial charge in [-0.15, -0.1) is 0 Å². The van der Waals surface area contributed by atoms with E-state index in [2.05, 4.69) is 15.0 Å². The van der Waals surface area contributed by atoms with Crippen LogP contribution in [-0.4, -0.2) is 36.9 Å². The third kappa shape index (κ3) is 6.23. The molecule has 0 radical (unpaired) electrons. The lowest BCUT2D eigenvalue weighted by Gasteiger charge is -2.11. The molecule has 1 N–H and O–H groups in total. The van der Waals surface area contributed by atoms with E-state index in [4.69, 9.17) is 4.74 Å². The maximum Gasteiger partial charge on any atom is 0.253 e. The van der Waals surface area contributed by atoms with Crippen LogP contribution >= 0.6 is 0 Å². The predicted molar refractivity (Wildman–Crippen MR) is 99.0 cm³/mol. The van der Waals surface area contributed by atoms with Crippen LogP contribution in [0.15, 0.2) is 36.5 Å². The summed E-state index contributed by atoms with van der Waals surface area (Å²) in [7, 11) is 1.29. The van der Waals surface area contributed by atoms with Gasteiger partial charge in [0.2, 0.25) is 5.82 Å². The van der Waals surface area contributed by atoms with E-state index >= 15 is 0 Å². The van der Waals surface area contributed by atoms with Crippen LogP contribution in [0.5, 0.6) is 5.75 Å². The first-order valence-electron chi connectivity index (χ1n) is 8.89. The molecule has 8 heteroatoms. The molecule has 1 aromatic carbocycles. The Labute approximate surface area is 161 Å². The number of carbonyl (C=O) groups excluding carboxylic acids is 1. The number of benzene rings is 1. The topological polar surface area (TPSA) is 60.5 Å². The number of anilines is 1. The SMILES string of the molecule is CC1CCC(C(=O)Nc2ccc(CCF)nc2)O1.COc1cccc(F)c1F. The van der Waals surface area contributed by atoms with Crippen molar-refractivity contribution in [1.82, 2.24) is 4.98 Å². The third-order valence-electron chi connectivity index (χ3n) is 4.10. The van der Waals surface area contributed by atoms with E-state index in [1.165, 1.54) is 19.2 Å². The second kappa shape index (κ2) is 10.7. The van der Waals surface area contributed by atoms with E-state index in [-0.39, 0.29) is 23.9 Å². The molecule has 28 heavy (non-hydrogen) atoms. The molecule has 2 heterocycles. The van der Waals surface area contributed by atoms with E-state index in [0.717, 1.165) is 18.9 Å². The fourth-order valence-electron chi connectivity index (χ4n) is 2.60. The number of amides is 1. The van der Waals surface area contributed by atoms with Crippen LogP contribution in [0.2, 0.25) is 0 Å². The van der Waals surface area contributed by atoms with Gasteiger partial charge in [-0.3, -0.25) is 14.2 Å². The second-order valence-corrected chi connectivity index (χ2v) is 6.24. The van der Waals surface area contributed by atoms with Gasteiger partial charge in [0.15, 0.2) is 11.6 Å². The van der Waals surface area contributed by atoms with Crippen molar-refractivity contribution in [3.8, 4) is 5.75 Å². The lowest BCUT2D eigenvalue weighted by Crippen LogP contribution is -2.27. The number of nitrogens with one attached hydrogen (secondary N) is 1. The molecule has 1 aliphatic heterocycles. The van der Waals surface area contributed by atoms with Gasteiger partial charge in [0.25, 0.3) is 5.91 Å². The molecule has 1 aliphatic rings. The third-order valence-corrected chi connectivity index (χ3v) is 4.10. The highest BCUT2D eigenvalue weighted by atomic mass is 19.2. The van der Waals surface area contributed by atoms with Gasteiger partial charge >= 0.3 is 0 Å². The molecule has 1 fully saturated rings. The summed E-state index contributed by atoms with van der Waals surface area (Å²) in [5, 5.41) is 2.75. The Morgan fingerprint density at radius 2 is 2.07 bits per heavy atom. The Morgan fingerprint density at radius 1 is 1.29 bits per heavy atom. The number of aromatic nitrogens is 1. The zero-order valence-corrected chi connectivity index (χ0v) is 15.8. The van der Waals surface area contributed by atoms with Crippen molar-refractivity contribution >= 4 is 11.6 Å². The number of methoxy groups -OCH3 is 1. The fraction of sp³-hybridized carbons (Fsp3) is 0.400. The van der Waals surface area contributed by atoms with Crippen molar-refractivity contribution < 1.29 is 27.4 Å². The molecule has 1 saturated heterocycles. The second-order valence-electron chi connectivity index (χ2n) is 6.24. The van der Waals surface area contributed by atoms with E-state index in [0.29, 0.717) is 17.8 Å². The number of alkyl halides is 1. The van der Waals surface area contributed by atoms with E-state index in [1.807, 2.05) is 6.92 Å². The monoisotopic (exact) mass is 396 g/mol. The summed E-state index contributed by atoms with van der Waals surface area (Å²) in [6.07, 6.45) is 3.28. The Bertz CT molecular complexity index is 772. The van der Waals surface area contributed by atoms with Crippen molar-refractivity contribution in [3.05, 3.63) is 53.9 Å². The highest BCUT2D eigenvalue weighted by molar-refractivity contribution is 5.94. The highest BCUT2D eigenvalue weighted by Gasteiger charge is 2.28. The number of halogens is 3. The smallest absolute Gasteiger partial charge is 0.253 e. The Kier molecular flexibility index (Phi) is 8.25. The van der Waals surface area contributed by atoms with Crippen LogP contribution in [0.25, 0.3) is 0 Å². The molecule has 2 aromatic rings. The van der Waals surface area contributed by atoms with Crippen molar-refractivity contribution in [2.75, 3.05) is 19.1 Å². The van der Waals surface area contributed by atoms with Gasteiger partial charge in [-0.2, -0.15) is 4.39 Å². The normalized spacial score (nSPS) is 18.2. The molecular formula is C20H23F3N2O3. The van der Waals surface area contributed by atoms with Crippen LogP contribution in [-0.2, 0) is 16.0 Å². The van der Waals surface area contributed by atoms with Crippen molar-refractivity contribution in [1.29, 1.82) is 0 Å². The van der Waals surface area contributed by atoms with Gasteiger partial charge in [-0.1, -0.05) is 6.07 Å². The van der Waals surface area contributed by atoms with Crippen molar-refractivity contribution in [2.24, 2.45) is 0 Å². The largest absolute Gasteiger partial charge is 0.494 e. The summed E-state index contributed by atoms with van der Waals surface area (Å²) in [4.78, 5) is 15.9. The number of pyridine rings is 1. The Balaban J connectivity index is 0.000000237. The van der Waals surface area contributed by atoms with Crippen LogP contribution in [0.3, 0.4) is 0 Å². The summed E-state index contributed by atoms with van der Waals surface area (Å²) in [5.74, 6) is -2.04. The standard InChI is InChI=1S/C13H17FN2O2.C7H6F2O/c1-9-2-5-12(18-9)13(17)16-11-4-3-10(6-7-14)15-8-11;1-10-6-4-2-3-5(8)7(6)9/h3-4,8-9,12H,2,5-7H2,1H3,(H,16,17);2-4H,1H3. The summed E-state index contributed by atoms with van der Waals surface area (Å²) < 4.78 is 46.9. The van der Waals surface area contributed by atoms with Gasteiger partial charge in [-0.05, 0) is 44.0 Å². The van der Waals surface area contributed by atoms with Gasteiger partial charge in [0, 0.05) is 12.1 Å². The zero-order valence-electron chi connectivity index (χ0n) is 15.8. The molecule has 0 aliphatic carbocycles. The number of carbonyl (C=O) groups is 1. The number of ether oxygens (including phenoxy) is 2. The Hall–Kier alpha value is -2.61. The average Bonchev–Trinajstić information content (AvgIpc) is 3.13. The number of hydrogen-bond donors (Lipinski definition) is 1. The molecule has 0 saturated carbocycles. The molecule has 0 spiro atoms. The molecule has 1 amide bonds. The van der Waals surface area contributed by atoms with Crippen molar-refractivity contribution in [2.45, 2.75) is 38.4 Å². The molecule has 1 aromatic heterocycles. The minimum absolute atomic E-state index is 0.0694. The van der Waals surface area contributed by atoms with E-state index < -0.39 is 18.3 Å². The summed E-state index contributed by atoms with van der Waals surface area (Å²) in [6.45, 7) is 1.53. The summed E-state index contributed by atoms with van der Waals surface area (Å²) in [6, 6.07) is 7.23. The number of aryl methyl sites for hydroxylation is 1. The summed E-state index contributed by atoms with van der Waals surface area (Å²) >= 11 is 0. The average molecular weight is 396 g/mol. The molecule has 2 atom stereocenters. The molecular weight excluding hydrogens is 373 g/mol. The zero-order chi connectivity index (χ0) is 20.5. The molecule has 152 valence electrons.